The molecule has 0 rings (SSSR count). The predicted molar refractivity (Wildman–Crippen MR) is 42.0 cm³/mol. The minimum Gasteiger partial charge on any atom is -0.282 e. The molecular weight excluding hydrogens is 260 g/mol. The van der Waals surface area contributed by atoms with E-state index >= 15 is 0 Å². The predicted octanol–water partition coefficient (Wildman–Crippen LogP) is 1.45. The number of alkyl halides is 4. The molecule has 0 heterocycles. The number of carbonyl (C=O) groups excluding carboxylic acids is 1. The highest BCUT2D eigenvalue weighted by Gasteiger charge is 2.66. The van der Waals surface area contributed by atoms with Gasteiger partial charge in [0, 0.05) is 13.3 Å². The second-order valence-corrected chi connectivity index (χ2v) is 4.23. The number of hydrogen-bond acceptors (Lipinski definition) is 5. The van der Waals surface area contributed by atoms with Crippen molar-refractivity contribution in [3.8, 4) is 0 Å². The molecule has 96 valence electrons. The first kappa shape index (κ1) is 15.1. The van der Waals surface area contributed by atoms with Gasteiger partial charge in [-0.3, -0.25) is 4.89 Å². The van der Waals surface area contributed by atoms with Gasteiger partial charge in [-0.25, -0.2) is 4.79 Å². The summed E-state index contributed by atoms with van der Waals surface area (Å²) in [5.74, 6) is -6.20. The molecule has 0 aliphatic rings. The van der Waals surface area contributed by atoms with E-state index in [9.17, 15) is 30.8 Å². The topological polar surface area (TPSA) is 69.7 Å². The smallest absolute Gasteiger partial charge is 0.282 e. The summed E-state index contributed by atoms with van der Waals surface area (Å²) in [5, 5.41) is -5.48. The largest absolute Gasteiger partial charge is 0.434 e. The highest BCUT2D eigenvalue weighted by Crippen LogP contribution is 2.41. The normalized spacial score (nSPS) is 13.6. The van der Waals surface area contributed by atoms with Crippen LogP contribution in [0.4, 0.5) is 17.6 Å². The maximum atomic E-state index is 12.8. The van der Waals surface area contributed by atoms with Gasteiger partial charge < -0.3 is 0 Å². The first-order chi connectivity index (χ1) is 6.98. The number of hydrogen-bond donors (Lipinski definition) is 0. The molecule has 16 heavy (non-hydrogen) atoms. The van der Waals surface area contributed by atoms with Gasteiger partial charge in [0.25, 0.3) is 0 Å². The van der Waals surface area contributed by atoms with Gasteiger partial charge in [-0.2, -0.15) is 26.0 Å². The van der Waals surface area contributed by atoms with Crippen LogP contribution in [0.5, 0.6) is 0 Å². The highest BCUT2D eigenvalue weighted by atomic mass is 32.2. The van der Waals surface area contributed by atoms with Crippen molar-refractivity contribution in [2.24, 2.45) is 0 Å². The molecule has 0 radical (unpaired) electrons. The van der Waals surface area contributed by atoms with Crippen LogP contribution in [0.15, 0.2) is 0 Å². The van der Waals surface area contributed by atoms with Crippen molar-refractivity contribution in [1.29, 1.82) is 0 Å². The quantitative estimate of drug-likeness (QED) is 0.429. The third kappa shape index (κ3) is 2.82. The first-order valence-electron chi connectivity index (χ1n) is 3.85. The van der Waals surface area contributed by atoms with E-state index in [4.69, 9.17) is 0 Å². The summed E-state index contributed by atoms with van der Waals surface area (Å²) in [6.45, 7) is 1.31. The highest BCUT2D eigenvalue weighted by molar-refractivity contribution is 7.87. The lowest BCUT2D eigenvalue weighted by Gasteiger charge is -2.23. The lowest BCUT2D eigenvalue weighted by atomic mass is 10.3. The Bertz CT molecular complexity index is 363. The summed E-state index contributed by atoms with van der Waals surface area (Å²) in [6, 6.07) is 0. The minimum absolute atomic E-state index is 0.644. The Hall–Kier alpha value is -0.900. The Kier molecular flexibility index (Phi) is 4.28. The number of rotatable bonds is 5. The molecule has 0 N–H and O–H groups in total. The number of halogens is 4. The van der Waals surface area contributed by atoms with Crippen molar-refractivity contribution in [3.05, 3.63) is 0 Å². The fourth-order valence-corrected chi connectivity index (χ4v) is 1.31. The van der Waals surface area contributed by atoms with Gasteiger partial charge in [-0.05, 0) is 4.33 Å². The van der Waals surface area contributed by atoms with Crippen LogP contribution in [0.1, 0.15) is 20.3 Å². The summed E-state index contributed by atoms with van der Waals surface area (Å²) >= 11 is 0. The van der Waals surface area contributed by atoms with Crippen molar-refractivity contribution < 1.29 is 40.0 Å². The van der Waals surface area contributed by atoms with Gasteiger partial charge >= 0.3 is 27.3 Å². The fraction of sp³-hybridized carbons (Fsp3) is 0.833. The van der Waals surface area contributed by atoms with Crippen LogP contribution in [0.2, 0.25) is 0 Å². The van der Waals surface area contributed by atoms with E-state index in [2.05, 4.69) is 9.22 Å². The second kappa shape index (κ2) is 4.53. The molecule has 0 saturated heterocycles. The lowest BCUT2D eigenvalue weighted by molar-refractivity contribution is -0.221. The van der Waals surface area contributed by atoms with E-state index in [0.29, 0.717) is 13.8 Å². The second-order valence-electron chi connectivity index (χ2n) is 2.67. The van der Waals surface area contributed by atoms with Crippen molar-refractivity contribution >= 4 is 16.1 Å². The Labute approximate surface area is 88.4 Å². The van der Waals surface area contributed by atoms with E-state index in [0.717, 1.165) is 0 Å². The van der Waals surface area contributed by atoms with Crippen LogP contribution < -0.4 is 0 Å². The van der Waals surface area contributed by atoms with Crippen LogP contribution in [0.25, 0.3) is 0 Å². The zero-order valence-corrected chi connectivity index (χ0v) is 8.98. The molecule has 0 saturated carbocycles. The summed E-state index contributed by atoms with van der Waals surface area (Å²) in [5.41, 5.74) is 0. The average Bonchev–Trinajstić information content (AvgIpc) is 2.14. The minimum atomic E-state index is -6.05. The summed E-state index contributed by atoms with van der Waals surface area (Å²) < 4.78 is 75.1. The van der Waals surface area contributed by atoms with E-state index in [-0.39, 0.29) is 0 Å². The van der Waals surface area contributed by atoms with Crippen molar-refractivity contribution in [1.82, 2.24) is 0 Å². The molecule has 10 heteroatoms. The zero-order valence-electron chi connectivity index (χ0n) is 8.17. The van der Waals surface area contributed by atoms with Gasteiger partial charge in [0.05, 0.1) is 0 Å². The maximum absolute atomic E-state index is 12.8. The van der Waals surface area contributed by atoms with Crippen molar-refractivity contribution in [2.45, 2.75) is 31.4 Å². The van der Waals surface area contributed by atoms with E-state index in [1.165, 1.54) is 0 Å². The zero-order chi connectivity index (χ0) is 13.2. The molecule has 5 nitrogen and oxygen atoms in total. The Morgan fingerprint density at radius 1 is 1.25 bits per heavy atom. The SMILES string of the molecule is CCC(F)(F)C(F)(F)S(=O)(=O)OOC(C)=O. The standard InChI is InChI=1S/C6H8F4O5S/c1-3-5(7,8)6(9,10)16(12,13)15-14-4(2)11/h3H2,1-2H3. The molecule has 0 aromatic carbocycles. The van der Waals surface area contributed by atoms with Gasteiger partial charge in [-0.1, -0.05) is 6.92 Å². The van der Waals surface area contributed by atoms with Gasteiger partial charge in [0.15, 0.2) is 0 Å². The van der Waals surface area contributed by atoms with Crippen LogP contribution in [0.3, 0.4) is 0 Å². The van der Waals surface area contributed by atoms with Crippen LogP contribution in [0, 0.1) is 0 Å². The van der Waals surface area contributed by atoms with Crippen LogP contribution >= 0.6 is 0 Å². The molecule has 0 atom stereocenters. The van der Waals surface area contributed by atoms with Crippen molar-refractivity contribution in [2.75, 3.05) is 0 Å². The van der Waals surface area contributed by atoms with E-state index in [1.54, 1.807) is 0 Å². The van der Waals surface area contributed by atoms with E-state index in [1.807, 2.05) is 0 Å². The molecular formula is C6H8F4O5S. The Balaban J connectivity index is 5.07. The van der Waals surface area contributed by atoms with Gasteiger partial charge in [0.2, 0.25) is 0 Å². The molecule has 0 aliphatic carbocycles. The molecule has 0 aromatic rings. The first-order valence-corrected chi connectivity index (χ1v) is 5.25. The molecule has 0 unspecified atom stereocenters. The van der Waals surface area contributed by atoms with Crippen LogP contribution in [-0.4, -0.2) is 25.6 Å². The molecule has 0 bridgehead atoms. The lowest BCUT2D eigenvalue weighted by Crippen LogP contribution is -2.47. The molecule has 0 aromatic heterocycles. The molecule has 0 amide bonds. The molecule has 0 aliphatic heterocycles. The summed E-state index contributed by atoms with van der Waals surface area (Å²) in [4.78, 5) is 13.4. The monoisotopic (exact) mass is 268 g/mol. The third-order valence-corrected chi connectivity index (χ3v) is 2.60. The average molecular weight is 268 g/mol. The van der Waals surface area contributed by atoms with Crippen LogP contribution in [-0.2, 0) is 24.1 Å². The van der Waals surface area contributed by atoms with Crippen molar-refractivity contribution in [3.63, 3.8) is 0 Å². The van der Waals surface area contributed by atoms with Gasteiger partial charge in [-0.15, -0.1) is 0 Å². The summed E-state index contributed by atoms with van der Waals surface area (Å²) in [6.07, 6.45) is -1.43. The Morgan fingerprint density at radius 3 is 2.00 bits per heavy atom. The maximum Gasteiger partial charge on any atom is 0.434 e. The molecule has 0 fully saturated rings. The Morgan fingerprint density at radius 2 is 1.69 bits per heavy atom. The third-order valence-electron chi connectivity index (χ3n) is 1.42. The molecule has 0 spiro atoms. The fourth-order valence-electron chi connectivity index (χ4n) is 0.524. The van der Waals surface area contributed by atoms with Gasteiger partial charge in [0.1, 0.15) is 0 Å². The number of carbonyl (C=O) groups is 1. The van der Waals surface area contributed by atoms with E-state index < -0.39 is 33.7 Å². The summed E-state index contributed by atoms with van der Waals surface area (Å²) in [7, 11) is -6.05.